The maximum absolute atomic E-state index is 11.8. The van der Waals surface area contributed by atoms with Gasteiger partial charge in [0.1, 0.15) is 11.1 Å². The summed E-state index contributed by atoms with van der Waals surface area (Å²) in [4.78, 5) is 23.2. The summed E-state index contributed by atoms with van der Waals surface area (Å²) in [5.41, 5.74) is 0.707. The molecule has 0 saturated carbocycles. The molecule has 1 aromatic carbocycles. The summed E-state index contributed by atoms with van der Waals surface area (Å²) in [6.07, 6.45) is 0. The molecule has 1 unspecified atom stereocenters. The van der Waals surface area contributed by atoms with Crippen molar-refractivity contribution in [3.05, 3.63) is 29.3 Å². The molecule has 0 saturated heterocycles. The molecule has 0 spiro atoms. The number of carbonyl (C=O) groups excluding carboxylic acids is 2. The minimum absolute atomic E-state index is 0.235. The van der Waals surface area contributed by atoms with Crippen molar-refractivity contribution in [1.29, 1.82) is 0 Å². The predicted octanol–water partition coefficient (Wildman–Crippen LogP) is 3.13. The Morgan fingerprint density at radius 1 is 1.26 bits per heavy atom. The van der Waals surface area contributed by atoms with Gasteiger partial charge in [-0.3, -0.25) is 4.79 Å². The van der Waals surface area contributed by atoms with E-state index in [-0.39, 0.29) is 12.4 Å². The van der Waals surface area contributed by atoms with Crippen LogP contribution in [-0.2, 0) is 9.53 Å². The van der Waals surface area contributed by atoms with E-state index >= 15 is 0 Å². The molecular formula is C14H17ClO4. The molecule has 0 aromatic heterocycles. The summed E-state index contributed by atoms with van der Waals surface area (Å²) in [7, 11) is 0. The van der Waals surface area contributed by atoms with E-state index < -0.39 is 11.3 Å². The van der Waals surface area contributed by atoms with Crippen molar-refractivity contribution in [1.82, 2.24) is 0 Å². The van der Waals surface area contributed by atoms with Crippen LogP contribution in [0.3, 0.4) is 0 Å². The Kier molecular flexibility index (Phi) is 5.83. The van der Waals surface area contributed by atoms with Crippen molar-refractivity contribution < 1.29 is 19.1 Å². The van der Waals surface area contributed by atoms with Crippen LogP contribution in [-0.4, -0.2) is 25.0 Å². The molecule has 0 aliphatic carbocycles. The van der Waals surface area contributed by atoms with Gasteiger partial charge in [-0.05, 0) is 44.5 Å². The molecule has 1 aromatic rings. The van der Waals surface area contributed by atoms with Gasteiger partial charge in [0.25, 0.3) is 0 Å². The predicted molar refractivity (Wildman–Crippen MR) is 72.8 cm³/mol. The van der Waals surface area contributed by atoms with Gasteiger partial charge in [0.15, 0.2) is 5.78 Å². The van der Waals surface area contributed by atoms with Crippen LogP contribution in [0.4, 0.5) is 0 Å². The molecule has 4 nitrogen and oxygen atoms in total. The number of rotatable bonds is 6. The molecule has 1 atom stereocenters. The monoisotopic (exact) mass is 284 g/mol. The second kappa shape index (κ2) is 7.14. The number of alkyl halides is 1. The van der Waals surface area contributed by atoms with Gasteiger partial charge in [0.2, 0.25) is 0 Å². The molecule has 0 aliphatic heterocycles. The Morgan fingerprint density at radius 3 is 2.47 bits per heavy atom. The van der Waals surface area contributed by atoms with Crippen molar-refractivity contribution in [3.63, 3.8) is 0 Å². The zero-order chi connectivity index (χ0) is 14.4. The molecule has 0 heterocycles. The molecule has 0 aliphatic rings. The highest BCUT2D eigenvalue weighted by atomic mass is 35.5. The summed E-state index contributed by atoms with van der Waals surface area (Å²) in [6, 6.07) is 4.83. The first-order valence-corrected chi connectivity index (χ1v) is 6.53. The lowest BCUT2D eigenvalue weighted by molar-refractivity contribution is -0.116. The van der Waals surface area contributed by atoms with Crippen LogP contribution in [0.5, 0.6) is 5.75 Å². The van der Waals surface area contributed by atoms with E-state index in [1.54, 1.807) is 25.1 Å². The number of esters is 1. The van der Waals surface area contributed by atoms with E-state index in [1.807, 2.05) is 6.92 Å². The summed E-state index contributed by atoms with van der Waals surface area (Å²) >= 11 is 6.05. The largest absolute Gasteiger partial charge is 0.494 e. The quantitative estimate of drug-likeness (QED) is 0.595. The fraction of sp³-hybridized carbons (Fsp3) is 0.429. The van der Waals surface area contributed by atoms with E-state index in [4.69, 9.17) is 21.1 Å². The Morgan fingerprint density at radius 2 is 1.95 bits per heavy atom. The third kappa shape index (κ3) is 3.96. The number of hydrogen-bond acceptors (Lipinski definition) is 4. The Hall–Kier alpha value is -1.55. The van der Waals surface area contributed by atoms with E-state index in [0.717, 1.165) is 0 Å². The summed E-state index contributed by atoms with van der Waals surface area (Å²) < 4.78 is 10.3. The van der Waals surface area contributed by atoms with Crippen LogP contribution in [0.1, 0.15) is 42.1 Å². The van der Waals surface area contributed by atoms with Crippen LogP contribution in [0, 0.1) is 0 Å². The number of benzene rings is 1. The number of hydrogen-bond donors (Lipinski definition) is 0. The van der Waals surface area contributed by atoms with Crippen molar-refractivity contribution in [3.8, 4) is 5.75 Å². The van der Waals surface area contributed by atoms with Gasteiger partial charge in [-0.25, -0.2) is 4.79 Å². The van der Waals surface area contributed by atoms with Crippen molar-refractivity contribution in [2.24, 2.45) is 0 Å². The number of ether oxygens (including phenoxy) is 2. The average Bonchev–Trinajstić information content (AvgIpc) is 2.38. The third-order valence-electron chi connectivity index (χ3n) is 2.46. The minimum Gasteiger partial charge on any atom is -0.494 e. The van der Waals surface area contributed by atoms with Crippen LogP contribution in [0.25, 0.3) is 0 Å². The van der Waals surface area contributed by atoms with Gasteiger partial charge in [0, 0.05) is 0 Å². The van der Waals surface area contributed by atoms with Gasteiger partial charge >= 0.3 is 5.97 Å². The summed E-state index contributed by atoms with van der Waals surface area (Å²) in [5.74, 6) is -0.161. The maximum atomic E-state index is 11.8. The van der Waals surface area contributed by atoms with Crippen LogP contribution in [0.15, 0.2) is 18.2 Å². The van der Waals surface area contributed by atoms with Gasteiger partial charge in [-0.2, -0.15) is 0 Å². The van der Waals surface area contributed by atoms with Crippen molar-refractivity contribution in [2.45, 2.75) is 26.1 Å². The van der Waals surface area contributed by atoms with Gasteiger partial charge in [0.05, 0.1) is 18.8 Å². The highest BCUT2D eigenvalue weighted by Crippen LogP contribution is 2.29. The first-order valence-electron chi connectivity index (χ1n) is 6.09. The summed E-state index contributed by atoms with van der Waals surface area (Å²) in [5, 5.41) is -0.889. The Labute approximate surface area is 117 Å². The molecular weight excluding hydrogens is 268 g/mol. The van der Waals surface area contributed by atoms with E-state index in [9.17, 15) is 9.59 Å². The molecule has 5 heteroatoms. The smallest absolute Gasteiger partial charge is 0.338 e. The topological polar surface area (TPSA) is 52.6 Å². The first kappa shape index (κ1) is 15.5. The molecule has 104 valence electrons. The minimum atomic E-state index is -0.889. The number of Topliss-reactive ketones (excluding diaryl/α,β-unsaturated/α-hetero) is 1. The van der Waals surface area contributed by atoms with Gasteiger partial charge in [-0.1, -0.05) is 0 Å². The van der Waals surface area contributed by atoms with Crippen molar-refractivity contribution >= 4 is 23.4 Å². The van der Waals surface area contributed by atoms with Crippen molar-refractivity contribution in [2.75, 3.05) is 13.2 Å². The Bertz CT molecular complexity index is 471. The standard InChI is InChI=1S/C14H17ClO4/c1-4-18-10-6-7-11(14(17)19-5-2)12(8-10)13(15)9(3)16/h6-8,13H,4-5H2,1-3H3. The second-order valence-electron chi connectivity index (χ2n) is 3.88. The molecule has 1 rings (SSSR count). The Balaban J connectivity index is 3.21. The third-order valence-corrected chi connectivity index (χ3v) is 3.00. The number of carbonyl (C=O) groups is 2. The zero-order valence-corrected chi connectivity index (χ0v) is 12.0. The lowest BCUT2D eigenvalue weighted by Crippen LogP contribution is -2.12. The normalized spacial score (nSPS) is 11.8. The highest BCUT2D eigenvalue weighted by molar-refractivity contribution is 6.31. The number of halogens is 1. The van der Waals surface area contributed by atoms with Crippen LogP contribution in [0.2, 0.25) is 0 Å². The lowest BCUT2D eigenvalue weighted by atomic mass is 10.0. The zero-order valence-electron chi connectivity index (χ0n) is 11.2. The van der Waals surface area contributed by atoms with E-state index in [1.165, 1.54) is 6.92 Å². The second-order valence-corrected chi connectivity index (χ2v) is 4.31. The fourth-order valence-electron chi connectivity index (χ4n) is 1.62. The maximum Gasteiger partial charge on any atom is 0.338 e. The fourth-order valence-corrected chi connectivity index (χ4v) is 1.80. The molecule has 19 heavy (non-hydrogen) atoms. The molecule has 0 N–H and O–H groups in total. The molecule has 0 radical (unpaired) electrons. The SMILES string of the molecule is CCOC(=O)c1ccc(OCC)cc1C(Cl)C(C)=O. The first-order chi connectivity index (χ1) is 9.01. The van der Waals surface area contributed by atoms with Gasteiger partial charge in [-0.15, -0.1) is 11.6 Å². The van der Waals surface area contributed by atoms with Crippen LogP contribution < -0.4 is 4.74 Å². The van der Waals surface area contributed by atoms with Crippen LogP contribution >= 0.6 is 11.6 Å². The average molecular weight is 285 g/mol. The number of ketones is 1. The molecule has 0 bridgehead atoms. The van der Waals surface area contributed by atoms with E-state index in [2.05, 4.69) is 0 Å². The lowest BCUT2D eigenvalue weighted by Gasteiger charge is -2.14. The van der Waals surface area contributed by atoms with E-state index in [0.29, 0.717) is 23.5 Å². The summed E-state index contributed by atoms with van der Waals surface area (Å²) in [6.45, 7) is 5.70. The molecule has 0 fully saturated rings. The molecule has 0 amide bonds. The highest BCUT2D eigenvalue weighted by Gasteiger charge is 2.22. The van der Waals surface area contributed by atoms with Gasteiger partial charge < -0.3 is 9.47 Å².